The molecule has 0 aromatic carbocycles. The van der Waals surface area contributed by atoms with E-state index in [4.69, 9.17) is 4.74 Å². The second kappa shape index (κ2) is 5.27. The summed E-state index contributed by atoms with van der Waals surface area (Å²) < 4.78 is 5.45. The topological polar surface area (TPSA) is 42.4 Å². The van der Waals surface area contributed by atoms with Gasteiger partial charge in [0.25, 0.3) is 5.91 Å². The van der Waals surface area contributed by atoms with E-state index < -0.39 is 0 Å². The number of carbonyl (C=O) groups excluding carboxylic acids is 1. The average Bonchev–Trinajstić information content (AvgIpc) is 2.86. The smallest absolute Gasteiger partial charge is 0.256 e. The molecule has 1 aliphatic heterocycles. The van der Waals surface area contributed by atoms with Crippen LogP contribution in [0.2, 0.25) is 0 Å². The standard InChI is InChI=1S/C13H18N2O2/c1-3-15(11-6-4-8-14-10(11)2)13(16)12-7-5-9-17-12/h4,6,8,12H,3,5,7,9H2,1-2H3/t12-/m0/s1. The molecule has 0 spiro atoms. The van der Waals surface area contributed by atoms with Crippen molar-refractivity contribution in [3.8, 4) is 0 Å². The number of likely N-dealkylation sites (N-methyl/N-ethyl adjacent to an activating group) is 1. The summed E-state index contributed by atoms with van der Waals surface area (Å²) in [6.07, 6.45) is 3.27. The highest BCUT2D eigenvalue weighted by molar-refractivity contribution is 5.97. The summed E-state index contributed by atoms with van der Waals surface area (Å²) in [5.74, 6) is 0.0566. The Balaban J connectivity index is 2.21. The van der Waals surface area contributed by atoms with E-state index >= 15 is 0 Å². The molecular formula is C13H18N2O2. The summed E-state index contributed by atoms with van der Waals surface area (Å²) in [4.78, 5) is 18.3. The Morgan fingerprint density at radius 3 is 3.06 bits per heavy atom. The number of aromatic nitrogens is 1. The van der Waals surface area contributed by atoms with E-state index in [1.807, 2.05) is 26.0 Å². The first kappa shape index (κ1) is 12.0. The number of ether oxygens (including phenoxy) is 1. The van der Waals surface area contributed by atoms with Gasteiger partial charge in [0.1, 0.15) is 6.10 Å². The molecule has 2 heterocycles. The van der Waals surface area contributed by atoms with Crippen molar-refractivity contribution in [1.29, 1.82) is 0 Å². The summed E-state index contributed by atoms with van der Waals surface area (Å²) in [6, 6.07) is 3.78. The molecule has 1 aromatic heterocycles. The minimum atomic E-state index is -0.269. The molecule has 1 amide bonds. The van der Waals surface area contributed by atoms with Gasteiger partial charge < -0.3 is 9.64 Å². The van der Waals surface area contributed by atoms with Crippen LogP contribution in [0.5, 0.6) is 0 Å². The number of carbonyl (C=O) groups is 1. The van der Waals surface area contributed by atoms with Gasteiger partial charge in [0.05, 0.1) is 11.4 Å². The van der Waals surface area contributed by atoms with Crippen molar-refractivity contribution in [2.45, 2.75) is 32.8 Å². The van der Waals surface area contributed by atoms with E-state index in [0.717, 1.165) is 24.2 Å². The fourth-order valence-electron chi connectivity index (χ4n) is 2.15. The molecule has 1 aromatic rings. The van der Waals surface area contributed by atoms with Gasteiger partial charge in [0.2, 0.25) is 0 Å². The van der Waals surface area contributed by atoms with Gasteiger partial charge in [0, 0.05) is 19.3 Å². The number of rotatable bonds is 3. The fourth-order valence-corrected chi connectivity index (χ4v) is 2.15. The molecule has 4 nitrogen and oxygen atoms in total. The van der Waals surface area contributed by atoms with Crippen LogP contribution in [0.25, 0.3) is 0 Å². The predicted octanol–water partition coefficient (Wildman–Crippen LogP) is 1.92. The van der Waals surface area contributed by atoms with E-state index in [-0.39, 0.29) is 12.0 Å². The maximum Gasteiger partial charge on any atom is 0.256 e. The molecule has 1 aliphatic rings. The number of anilines is 1. The molecule has 1 fully saturated rings. The molecule has 92 valence electrons. The van der Waals surface area contributed by atoms with Gasteiger partial charge in [0.15, 0.2) is 0 Å². The van der Waals surface area contributed by atoms with E-state index in [1.165, 1.54) is 0 Å². The van der Waals surface area contributed by atoms with Crippen LogP contribution in [0.15, 0.2) is 18.3 Å². The lowest BCUT2D eigenvalue weighted by Crippen LogP contribution is -2.39. The van der Waals surface area contributed by atoms with Crippen molar-refractivity contribution in [2.75, 3.05) is 18.1 Å². The quantitative estimate of drug-likeness (QED) is 0.802. The minimum Gasteiger partial charge on any atom is -0.368 e. The molecule has 0 bridgehead atoms. The van der Waals surface area contributed by atoms with Crippen molar-refractivity contribution in [3.05, 3.63) is 24.0 Å². The maximum atomic E-state index is 12.3. The zero-order chi connectivity index (χ0) is 12.3. The van der Waals surface area contributed by atoms with Gasteiger partial charge in [-0.25, -0.2) is 0 Å². The second-order valence-corrected chi connectivity index (χ2v) is 4.19. The van der Waals surface area contributed by atoms with Crippen molar-refractivity contribution in [2.24, 2.45) is 0 Å². The number of hydrogen-bond acceptors (Lipinski definition) is 3. The van der Waals surface area contributed by atoms with Gasteiger partial charge in [-0.2, -0.15) is 0 Å². The van der Waals surface area contributed by atoms with E-state index in [1.54, 1.807) is 11.1 Å². The zero-order valence-corrected chi connectivity index (χ0v) is 10.3. The van der Waals surface area contributed by atoms with Crippen LogP contribution in [-0.2, 0) is 9.53 Å². The van der Waals surface area contributed by atoms with Crippen LogP contribution >= 0.6 is 0 Å². The summed E-state index contributed by atoms with van der Waals surface area (Å²) in [7, 11) is 0. The first-order valence-corrected chi connectivity index (χ1v) is 6.08. The normalized spacial score (nSPS) is 19.3. The highest BCUT2D eigenvalue weighted by Crippen LogP contribution is 2.22. The lowest BCUT2D eigenvalue weighted by molar-refractivity contribution is -0.127. The molecule has 0 saturated carbocycles. The summed E-state index contributed by atoms with van der Waals surface area (Å²) >= 11 is 0. The van der Waals surface area contributed by atoms with Crippen molar-refractivity contribution >= 4 is 11.6 Å². The number of pyridine rings is 1. The van der Waals surface area contributed by atoms with E-state index in [0.29, 0.717) is 13.2 Å². The Kier molecular flexibility index (Phi) is 3.74. The monoisotopic (exact) mass is 234 g/mol. The van der Waals surface area contributed by atoms with Crippen LogP contribution in [-0.4, -0.2) is 30.1 Å². The molecule has 17 heavy (non-hydrogen) atoms. The highest BCUT2D eigenvalue weighted by Gasteiger charge is 2.28. The Hall–Kier alpha value is -1.42. The largest absolute Gasteiger partial charge is 0.368 e. The van der Waals surface area contributed by atoms with Crippen LogP contribution in [0, 0.1) is 6.92 Å². The third-order valence-corrected chi connectivity index (χ3v) is 3.06. The zero-order valence-electron chi connectivity index (χ0n) is 10.3. The van der Waals surface area contributed by atoms with Gasteiger partial charge in [-0.3, -0.25) is 9.78 Å². The van der Waals surface area contributed by atoms with Gasteiger partial charge in [-0.05, 0) is 38.8 Å². The third kappa shape index (κ3) is 2.47. The minimum absolute atomic E-state index is 0.0566. The second-order valence-electron chi connectivity index (χ2n) is 4.19. The molecule has 0 N–H and O–H groups in total. The summed E-state index contributed by atoms with van der Waals surface area (Å²) in [6.45, 7) is 5.23. The van der Waals surface area contributed by atoms with E-state index in [2.05, 4.69) is 4.98 Å². The first-order chi connectivity index (χ1) is 8.24. The number of nitrogens with zero attached hydrogens (tertiary/aromatic N) is 2. The highest BCUT2D eigenvalue weighted by atomic mass is 16.5. The summed E-state index contributed by atoms with van der Waals surface area (Å²) in [5.41, 5.74) is 1.76. The molecule has 2 rings (SSSR count). The van der Waals surface area contributed by atoms with Crippen molar-refractivity contribution < 1.29 is 9.53 Å². The Morgan fingerprint density at radius 1 is 1.65 bits per heavy atom. The van der Waals surface area contributed by atoms with Crippen LogP contribution in [0.4, 0.5) is 5.69 Å². The van der Waals surface area contributed by atoms with Gasteiger partial charge in [-0.15, -0.1) is 0 Å². The Labute approximate surface area is 102 Å². The number of amides is 1. The fraction of sp³-hybridized carbons (Fsp3) is 0.538. The predicted molar refractivity (Wildman–Crippen MR) is 66.0 cm³/mol. The van der Waals surface area contributed by atoms with Crippen molar-refractivity contribution in [1.82, 2.24) is 4.98 Å². The maximum absolute atomic E-state index is 12.3. The molecule has 0 aliphatic carbocycles. The van der Waals surface area contributed by atoms with Crippen LogP contribution in [0.1, 0.15) is 25.5 Å². The summed E-state index contributed by atoms with van der Waals surface area (Å²) in [5, 5.41) is 0. The average molecular weight is 234 g/mol. The SMILES string of the molecule is CCN(C(=O)[C@@H]1CCCO1)c1cccnc1C. The van der Waals surface area contributed by atoms with Gasteiger partial charge >= 0.3 is 0 Å². The molecule has 0 unspecified atom stereocenters. The molecule has 1 atom stereocenters. The van der Waals surface area contributed by atoms with E-state index in [9.17, 15) is 4.79 Å². The Morgan fingerprint density at radius 2 is 2.47 bits per heavy atom. The molecule has 1 saturated heterocycles. The van der Waals surface area contributed by atoms with Crippen LogP contribution in [0.3, 0.4) is 0 Å². The third-order valence-electron chi connectivity index (χ3n) is 3.06. The Bertz CT molecular complexity index is 400. The molecule has 4 heteroatoms. The lowest BCUT2D eigenvalue weighted by Gasteiger charge is -2.24. The number of aryl methyl sites for hydroxylation is 1. The first-order valence-electron chi connectivity index (χ1n) is 6.08. The van der Waals surface area contributed by atoms with Gasteiger partial charge in [-0.1, -0.05) is 0 Å². The van der Waals surface area contributed by atoms with Crippen LogP contribution < -0.4 is 4.90 Å². The lowest BCUT2D eigenvalue weighted by atomic mass is 10.2. The molecule has 0 radical (unpaired) electrons. The molecular weight excluding hydrogens is 216 g/mol. The van der Waals surface area contributed by atoms with Crippen molar-refractivity contribution in [3.63, 3.8) is 0 Å². The number of hydrogen-bond donors (Lipinski definition) is 0.